The van der Waals surface area contributed by atoms with Crippen molar-refractivity contribution in [1.82, 2.24) is 0 Å². The van der Waals surface area contributed by atoms with Crippen molar-refractivity contribution in [2.75, 3.05) is 13.2 Å². The maximum Gasteiger partial charge on any atom is 0.400 e. The number of benzene rings is 1. The van der Waals surface area contributed by atoms with E-state index in [-0.39, 0.29) is 0 Å². The molecule has 1 unspecified atom stereocenters. The van der Waals surface area contributed by atoms with Gasteiger partial charge in [-0.1, -0.05) is 29.3 Å². The third-order valence-electron chi connectivity index (χ3n) is 2.91. The second-order valence-electron chi connectivity index (χ2n) is 4.05. The van der Waals surface area contributed by atoms with Crippen LogP contribution in [-0.2, 0) is 10.6 Å². The molecule has 1 aromatic rings. The third kappa shape index (κ3) is 2.59. The second kappa shape index (κ2) is 5.87. The summed E-state index contributed by atoms with van der Waals surface area (Å²) >= 11 is 12.2. The predicted molar refractivity (Wildman–Crippen MR) is 79.6 cm³/mol. The van der Waals surface area contributed by atoms with Gasteiger partial charge in [-0.05, 0) is 25.1 Å². The van der Waals surface area contributed by atoms with Gasteiger partial charge in [0.1, 0.15) is 6.54 Å². The first-order chi connectivity index (χ1) is 9.14. The highest BCUT2D eigenvalue weighted by Crippen LogP contribution is 2.36. The number of ether oxygens (including phenoxy) is 1. The summed E-state index contributed by atoms with van der Waals surface area (Å²) in [6.45, 7) is 6.82. The summed E-state index contributed by atoms with van der Waals surface area (Å²) in [5.41, 5.74) is 0.771. The van der Waals surface area contributed by atoms with Gasteiger partial charge in [-0.25, -0.2) is 0 Å². The first-order valence-electron chi connectivity index (χ1n) is 6.00. The van der Waals surface area contributed by atoms with Crippen molar-refractivity contribution < 1.29 is 9.31 Å². The predicted octanol–water partition coefficient (Wildman–Crippen LogP) is 3.49. The molecule has 100 valence electrons. The van der Waals surface area contributed by atoms with Crippen molar-refractivity contribution in [2.45, 2.75) is 12.8 Å². The summed E-state index contributed by atoms with van der Waals surface area (Å²) in [5, 5.41) is 1.11. The molecule has 1 aromatic carbocycles. The molecule has 1 atom stereocenters. The molecule has 0 amide bonds. The van der Waals surface area contributed by atoms with E-state index < -0.39 is 5.85 Å². The molecular weight excluding hydrogens is 283 g/mol. The highest BCUT2D eigenvalue weighted by Gasteiger charge is 2.47. The maximum absolute atomic E-state index is 6.30. The Morgan fingerprint density at radius 2 is 2.26 bits per heavy atom. The number of aliphatic imine (C=N–C) groups is 1. The molecule has 1 heterocycles. The second-order valence-corrected chi connectivity index (χ2v) is 4.89. The van der Waals surface area contributed by atoms with E-state index in [9.17, 15) is 0 Å². The number of halogens is 2. The van der Waals surface area contributed by atoms with Crippen molar-refractivity contribution in [1.29, 1.82) is 0 Å². The van der Waals surface area contributed by atoms with E-state index in [1.54, 1.807) is 24.4 Å². The molecule has 0 radical (unpaired) electrons. The summed E-state index contributed by atoms with van der Waals surface area (Å²) in [6, 6.07) is 5.32. The van der Waals surface area contributed by atoms with E-state index in [2.05, 4.69) is 11.6 Å². The van der Waals surface area contributed by atoms with E-state index in [0.29, 0.717) is 16.7 Å². The smallest absolute Gasteiger partial charge is 0.291 e. The van der Waals surface area contributed by atoms with Gasteiger partial charge < -0.3 is 0 Å². The molecule has 0 saturated heterocycles. The maximum atomic E-state index is 6.30. The van der Waals surface area contributed by atoms with Gasteiger partial charge in [0, 0.05) is 5.02 Å². The molecule has 0 spiro atoms. The van der Waals surface area contributed by atoms with E-state index in [1.807, 2.05) is 23.8 Å². The summed E-state index contributed by atoms with van der Waals surface area (Å²) in [4.78, 5) is 4.47. The van der Waals surface area contributed by atoms with E-state index in [4.69, 9.17) is 27.9 Å². The fourth-order valence-corrected chi connectivity index (χ4v) is 2.59. The lowest BCUT2D eigenvalue weighted by atomic mass is 10.1. The van der Waals surface area contributed by atoms with E-state index in [0.717, 1.165) is 12.1 Å². The number of rotatable bonds is 5. The van der Waals surface area contributed by atoms with Gasteiger partial charge >= 0.3 is 5.85 Å². The Kier molecular flexibility index (Phi) is 4.40. The largest absolute Gasteiger partial charge is 0.400 e. The van der Waals surface area contributed by atoms with Gasteiger partial charge in [-0.15, -0.1) is 6.58 Å². The van der Waals surface area contributed by atoms with Crippen LogP contribution in [-0.4, -0.2) is 30.2 Å². The van der Waals surface area contributed by atoms with Crippen LogP contribution in [0.15, 0.2) is 35.8 Å². The van der Waals surface area contributed by atoms with E-state index in [1.165, 1.54) is 0 Å². The van der Waals surface area contributed by atoms with Crippen LogP contribution in [0.25, 0.3) is 0 Å². The highest BCUT2D eigenvalue weighted by molar-refractivity contribution is 6.35. The molecule has 0 bridgehead atoms. The lowest BCUT2D eigenvalue weighted by Crippen LogP contribution is -2.39. The van der Waals surface area contributed by atoms with Crippen LogP contribution >= 0.6 is 23.2 Å². The molecule has 0 aliphatic carbocycles. The fourth-order valence-electron chi connectivity index (χ4n) is 2.06. The minimum absolute atomic E-state index is 0.376. The quantitative estimate of drug-likeness (QED) is 0.603. The number of nitrogens with zero attached hydrogens (tertiary/aromatic N) is 2. The Morgan fingerprint density at radius 3 is 2.89 bits per heavy atom. The zero-order chi connectivity index (χ0) is 13.9. The van der Waals surface area contributed by atoms with Gasteiger partial charge in [0.2, 0.25) is 0 Å². The lowest BCUT2D eigenvalue weighted by molar-refractivity contribution is -0.661. The summed E-state index contributed by atoms with van der Waals surface area (Å²) in [7, 11) is 0. The van der Waals surface area contributed by atoms with Crippen molar-refractivity contribution >= 4 is 35.6 Å². The van der Waals surface area contributed by atoms with Crippen molar-refractivity contribution in [3.63, 3.8) is 0 Å². The van der Waals surface area contributed by atoms with Gasteiger partial charge in [0.25, 0.3) is 0 Å². The normalized spacial score (nSPS) is 21.5. The average Bonchev–Trinajstić information content (AvgIpc) is 2.80. The molecule has 2 rings (SSSR count). The first-order valence-corrected chi connectivity index (χ1v) is 6.75. The van der Waals surface area contributed by atoms with Crippen LogP contribution in [0.4, 0.5) is 0 Å². The monoisotopic (exact) mass is 297 g/mol. The zero-order valence-corrected chi connectivity index (χ0v) is 12.2. The van der Waals surface area contributed by atoms with Gasteiger partial charge in [0.15, 0.2) is 6.21 Å². The molecule has 0 aromatic heterocycles. The molecule has 0 N–H and O–H groups in total. The van der Waals surface area contributed by atoms with Gasteiger partial charge in [-0.3, -0.25) is 4.74 Å². The zero-order valence-electron chi connectivity index (χ0n) is 10.6. The Bertz CT molecular complexity index is 554. The molecule has 3 nitrogen and oxygen atoms in total. The average molecular weight is 298 g/mol. The van der Waals surface area contributed by atoms with Crippen molar-refractivity contribution in [3.05, 3.63) is 46.5 Å². The topological polar surface area (TPSA) is 24.6 Å². The van der Waals surface area contributed by atoms with Crippen LogP contribution in [0.5, 0.6) is 0 Å². The summed E-state index contributed by atoms with van der Waals surface area (Å²) in [6.07, 6.45) is 5.29. The van der Waals surface area contributed by atoms with Crippen molar-refractivity contribution in [3.8, 4) is 0 Å². The van der Waals surface area contributed by atoms with E-state index >= 15 is 0 Å². The number of hydrogen-bond acceptors (Lipinski definition) is 2. The molecule has 1 aliphatic heterocycles. The minimum Gasteiger partial charge on any atom is -0.291 e. The molecule has 0 saturated carbocycles. The molecular formula is C14H15Cl2N2O+. The minimum atomic E-state index is -0.926. The third-order valence-corrected chi connectivity index (χ3v) is 3.46. The molecule has 1 aliphatic rings. The Hall–Kier alpha value is -1.16. The first kappa shape index (κ1) is 14.3. The Labute approximate surface area is 122 Å². The SMILES string of the molecule is C=CCOC1(c2ccc(Cl)cc2Cl)N=CC=[N+]1CC. The number of hydrogen-bond donors (Lipinski definition) is 0. The Morgan fingerprint density at radius 1 is 1.47 bits per heavy atom. The standard InChI is InChI=1S/C14H15Cl2N2O/c1-3-9-19-14(17-7-8-18(14)4-2)12-6-5-11(15)10-13(12)16/h3,5-8,10H,1,4,9H2,2H3/q+1. The summed E-state index contributed by atoms with van der Waals surface area (Å²) in [5.74, 6) is -0.926. The van der Waals surface area contributed by atoms with Gasteiger partial charge in [-0.2, -0.15) is 9.57 Å². The highest BCUT2D eigenvalue weighted by atomic mass is 35.5. The van der Waals surface area contributed by atoms with Crippen LogP contribution < -0.4 is 0 Å². The lowest BCUT2D eigenvalue weighted by Gasteiger charge is -2.24. The van der Waals surface area contributed by atoms with Gasteiger partial charge in [0.05, 0.1) is 23.4 Å². The summed E-state index contributed by atoms with van der Waals surface area (Å²) < 4.78 is 7.88. The molecule has 19 heavy (non-hydrogen) atoms. The molecule has 0 fully saturated rings. The van der Waals surface area contributed by atoms with Crippen LogP contribution in [0, 0.1) is 0 Å². The van der Waals surface area contributed by atoms with Crippen molar-refractivity contribution in [2.24, 2.45) is 4.99 Å². The van der Waals surface area contributed by atoms with Crippen LogP contribution in [0.3, 0.4) is 0 Å². The Balaban J connectivity index is 2.52. The fraction of sp³-hybridized carbons (Fsp3) is 0.286. The molecule has 5 heteroatoms. The van der Waals surface area contributed by atoms with Crippen LogP contribution in [0.1, 0.15) is 12.5 Å². The van der Waals surface area contributed by atoms with Crippen LogP contribution in [0.2, 0.25) is 10.0 Å².